The molecule has 12 heteroatoms. The number of esters is 3. The normalized spacial score (nSPS) is 11.8. The van der Waals surface area contributed by atoms with Crippen molar-refractivity contribution in [1.29, 1.82) is 0 Å². The maximum absolute atomic E-state index is 12.8. The van der Waals surface area contributed by atoms with Crippen molar-refractivity contribution in [2.24, 2.45) is 0 Å². The van der Waals surface area contributed by atoms with E-state index in [1.54, 1.807) is 51.1 Å². The smallest absolute Gasteiger partial charge is 0.360 e. The Balaban J connectivity index is 1.71. The molecule has 0 spiro atoms. The van der Waals surface area contributed by atoms with Crippen LogP contribution in [0, 0.1) is 0 Å². The Labute approximate surface area is 218 Å². The van der Waals surface area contributed by atoms with Gasteiger partial charge in [-0.2, -0.15) is 0 Å². The van der Waals surface area contributed by atoms with Crippen LogP contribution < -0.4 is 5.32 Å². The van der Waals surface area contributed by atoms with Gasteiger partial charge in [-0.05, 0) is 57.5 Å². The van der Waals surface area contributed by atoms with Crippen LogP contribution in [0.15, 0.2) is 42.5 Å². The quantitative estimate of drug-likeness (QED) is 0.228. The average Bonchev–Trinajstić information content (AvgIpc) is 3.32. The first-order valence-electron chi connectivity index (χ1n) is 12.3. The van der Waals surface area contributed by atoms with Crippen molar-refractivity contribution < 1.29 is 28.6 Å². The minimum atomic E-state index is -0.893. The Hall–Kier alpha value is -4.61. The number of hydrogen-bond acceptors (Lipinski definition) is 11. The van der Waals surface area contributed by atoms with Gasteiger partial charge in [-0.1, -0.05) is 17.3 Å². The third-order valence-corrected chi connectivity index (χ3v) is 5.55. The number of hydrogen-bond donors (Lipinski definition) is 1. The topological polar surface area (TPSA) is 147 Å². The molecule has 12 nitrogen and oxygen atoms in total. The van der Waals surface area contributed by atoms with Gasteiger partial charge in [0.25, 0.3) is 0 Å². The lowest BCUT2D eigenvalue weighted by Crippen LogP contribution is -2.24. The van der Waals surface area contributed by atoms with Gasteiger partial charge in [-0.25, -0.2) is 24.2 Å². The molecule has 1 atom stereocenters. The number of fused-ring (bicyclic) bond motifs is 2. The van der Waals surface area contributed by atoms with E-state index in [2.05, 4.69) is 25.6 Å². The highest BCUT2D eigenvalue weighted by Gasteiger charge is 2.27. The number of rotatable bonds is 11. The number of nitrogens with zero attached hydrogens (tertiary/aromatic N) is 5. The SMILES string of the molecule is CCOC(=O)CCC(C(=O)OCC)n1nnc2ccc(Nc3nc4ccccc4nc3C(=O)OCC)cc21. The summed E-state index contributed by atoms with van der Waals surface area (Å²) in [5.41, 5.74) is 2.77. The van der Waals surface area contributed by atoms with Crippen LogP contribution in [-0.4, -0.2) is 62.7 Å². The molecule has 0 aliphatic heterocycles. The molecule has 0 bridgehead atoms. The second kappa shape index (κ2) is 12.1. The average molecular weight is 521 g/mol. The molecule has 1 unspecified atom stereocenters. The summed E-state index contributed by atoms with van der Waals surface area (Å²) in [5.74, 6) is -1.35. The Morgan fingerprint density at radius 1 is 0.895 bits per heavy atom. The van der Waals surface area contributed by atoms with E-state index in [1.807, 2.05) is 12.1 Å². The summed E-state index contributed by atoms with van der Waals surface area (Å²) in [7, 11) is 0. The summed E-state index contributed by atoms with van der Waals surface area (Å²) < 4.78 is 16.8. The minimum absolute atomic E-state index is 0.00615. The predicted octanol–water partition coefficient (Wildman–Crippen LogP) is 3.74. The van der Waals surface area contributed by atoms with Gasteiger partial charge in [-0.15, -0.1) is 5.10 Å². The van der Waals surface area contributed by atoms with Gasteiger partial charge >= 0.3 is 17.9 Å². The van der Waals surface area contributed by atoms with Crippen LogP contribution in [0.3, 0.4) is 0 Å². The number of carbonyl (C=O) groups excluding carboxylic acids is 3. The van der Waals surface area contributed by atoms with Crippen LogP contribution in [0.4, 0.5) is 11.5 Å². The number of aromatic nitrogens is 5. The summed E-state index contributed by atoms with van der Waals surface area (Å²) in [4.78, 5) is 46.4. The van der Waals surface area contributed by atoms with Crippen LogP contribution >= 0.6 is 0 Å². The lowest BCUT2D eigenvalue weighted by Gasteiger charge is -2.16. The van der Waals surface area contributed by atoms with Crippen molar-refractivity contribution in [1.82, 2.24) is 25.0 Å². The summed E-state index contributed by atoms with van der Waals surface area (Å²) in [5, 5.41) is 11.5. The number of anilines is 2. The fourth-order valence-electron chi connectivity index (χ4n) is 3.88. The molecule has 1 N–H and O–H groups in total. The van der Waals surface area contributed by atoms with Crippen molar-refractivity contribution >= 4 is 51.5 Å². The van der Waals surface area contributed by atoms with Gasteiger partial charge in [0.1, 0.15) is 5.52 Å². The van der Waals surface area contributed by atoms with Crippen molar-refractivity contribution in [2.75, 3.05) is 25.1 Å². The van der Waals surface area contributed by atoms with Crippen LogP contribution in [-0.2, 0) is 23.8 Å². The number of carbonyl (C=O) groups is 3. The van der Waals surface area contributed by atoms with Crippen LogP contribution in [0.25, 0.3) is 22.1 Å². The van der Waals surface area contributed by atoms with E-state index >= 15 is 0 Å². The maximum Gasteiger partial charge on any atom is 0.360 e. The molecule has 4 rings (SSSR count). The van der Waals surface area contributed by atoms with E-state index in [9.17, 15) is 14.4 Å². The van der Waals surface area contributed by atoms with E-state index < -0.39 is 23.9 Å². The molecule has 0 radical (unpaired) electrons. The number of para-hydroxylation sites is 2. The Morgan fingerprint density at radius 3 is 2.32 bits per heavy atom. The lowest BCUT2D eigenvalue weighted by molar-refractivity contribution is -0.148. The second-order valence-corrected chi connectivity index (χ2v) is 8.10. The van der Waals surface area contributed by atoms with Crippen LogP contribution in [0.1, 0.15) is 50.1 Å². The molecule has 2 heterocycles. The van der Waals surface area contributed by atoms with Gasteiger partial charge in [0, 0.05) is 12.1 Å². The third kappa shape index (κ3) is 5.85. The zero-order valence-corrected chi connectivity index (χ0v) is 21.3. The molecule has 0 saturated heterocycles. The number of ether oxygens (including phenoxy) is 3. The Morgan fingerprint density at radius 2 is 1.61 bits per heavy atom. The van der Waals surface area contributed by atoms with Crippen LogP contribution in [0.5, 0.6) is 0 Å². The van der Waals surface area contributed by atoms with E-state index in [1.165, 1.54) is 4.68 Å². The number of benzene rings is 2. The molecule has 2 aromatic heterocycles. The number of nitrogens with one attached hydrogen (secondary N) is 1. The second-order valence-electron chi connectivity index (χ2n) is 8.10. The van der Waals surface area contributed by atoms with Crippen molar-refractivity contribution in [3.05, 3.63) is 48.2 Å². The third-order valence-electron chi connectivity index (χ3n) is 5.55. The summed E-state index contributed by atoms with van der Waals surface area (Å²) >= 11 is 0. The minimum Gasteiger partial charge on any atom is -0.466 e. The monoisotopic (exact) mass is 520 g/mol. The van der Waals surface area contributed by atoms with Gasteiger partial charge in [0.05, 0.1) is 36.4 Å². The zero-order chi connectivity index (χ0) is 27.1. The molecule has 0 aliphatic rings. The van der Waals surface area contributed by atoms with Gasteiger partial charge in [-0.3, -0.25) is 4.79 Å². The van der Waals surface area contributed by atoms with Crippen molar-refractivity contribution in [3.63, 3.8) is 0 Å². The zero-order valence-electron chi connectivity index (χ0n) is 21.3. The van der Waals surface area contributed by atoms with E-state index in [0.29, 0.717) is 27.8 Å². The molecule has 0 amide bonds. The molecule has 0 saturated carbocycles. The predicted molar refractivity (Wildman–Crippen MR) is 138 cm³/mol. The Kier molecular flexibility index (Phi) is 8.41. The molecule has 198 valence electrons. The largest absolute Gasteiger partial charge is 0.466 e. The standard InChI is InChI=1S/C26H28N6O6/c1-4-36-22(33)14-13-20(25(34)37-5-2)32-21-15-16(11-12-19(21)30-31-32)27-24-23(26(35)38-6-3)28-17-9-7-8-10-18(17)29-24/h7-12,15,20H,4-6,13-14H2,1-3H3,(H,27,29). The fourth-order valence-corrected chi connectivity index (χ4v) is 3.88. The van der Waals surface area contributed by atoms with E-state index in [4.69, 9.17) is 14.2 Å². The molecule has 4 aromatic rings. The first kappa shape index (κ1) is 26.5. The highest BCUT2D eigenvalue weighted by Crippen LogP contribution is 2.27. The van der Waals surface area contributed by atoms with Gasteiger partial charge in [0.2, 0.25) is 0 Å². The summed E-state index contributed by atoms with van der Waals surface area (Å²) in [6, 6.07) is 11.5. The van der Waals surface area contributed by atoms with E-state index in [0.717, 1.165) is 0 Å². The molecular weight excluding hydrogens is 492 g/mol. The molecule has 38 heavy (non-hydrogen) atoms. The maximum atomic E-state index is 12.8. The first-order chi connectivity index (χ1) is 18.4. The summed E-state index contributed by atoms with van der Waals surface area (Å²) in [6.45, 7) is 5.73. The van der Waals surface area contributed by atoms with Gasteiger partial charge in [0.15, 0.2) is 17.6 Å². The van der Waals surface area contributed by atoms with Gasteiger partial charge < -0.3 is 19.5 Å². The van der Waals surface area contributed by atoms with Crippen molar-refractivity contribution in [3.8, 4) is 0 Å². The highest BCUT2D eigenvalue weighted by molar-refractivity contribution is 5.96. The van der Waals surface area contributed by atoms with E-state index in [-0.39, 0.29) is 44.2 Å². The first-order valence-corrected chi connectivity index (χ1v) is 12.3. The Bertz CT molecular complexity index is 1470. The van der Waals surface area contributed by atoms with Crippen molar-refractivity contribution in [2.45, 2.75) is 39.7 Å². The molecule has 0 aliphatic carbocycles. The molecular formula is C26H28N6O6. The fraction of sp³-hybridized carbons (Fsp3) is 0.346. The summed E-state index contributed by atoms with van der Waals surface area (Å²) in [6.07, 6.45) is 0.128. The molecule has 0 fully saturated rings. The highest BCUT2D eigenvalue weighted by atomic mass is 16.5. The molecule has 2 aromatic carbocycles. The lowest BCUT2D eigenvalue weighted by atomic mass is 10.1. The van der Waals surface area contributed by atoms with Crippen LogP contribution in [0.2, 0.25) is 0 Å².